The molecular formula is C24H20Cl2O. The van der Waals surface area contributed by atoms with Crippen LogP contribution in [0.5, 0.6) is 5.75 Å². The van der Waals surface area contributed by atoms with E-state index in [0.29, 0.717) is 0 Å². The molecule has 2 aliphatic rings. The minimum Gasteiger partial charge on any atom is -0.478 e. The van der Waals surface area contributed by atoms with Gasteiger partial charge in [-0.25, -0.2) is 0 Å². The molecule has 0 radical (unpaired) electrons. The maximum atomic E-state index is 7.07. The molecule has 1 fully saturated rings. The SMILES string of the molecule is Cc1ccccc1[C@H]1c2ccccc2O[C@@]2(c3ccccc3)C(Cl)(Cl)[C@@]12C. The highest BCUT2D eigenvalue weighted by Gasteiger charge is 2.91. The average Bonchev–Trinajstić information content (AvgIpc) is 3.09. The Kier molecular flexibility index (Phi) is 3.51. The van der Waals surface area contributed by atoms with E-state index in [1.165, 1.54) is 11.1 Å². The number of fused-ring (bicyclic) bond motifs is 2. The van der Waals surface area contributed by atoms with E-state index in [4.69, 9.17) is 27.9 Å². The Morgan fingerprint density at radius 1 is 0.778 bits per heavy atom. The van der Waals surface area contributed by atoms with Crippen molar-refractivity contribution < 1.29 is 4.74 Å². The van der Waals surface area contributed by atoms with Gasteiger partial charge in [-0.15, -0.1) is 0 Å². The lowest BCUT2D eigenvalue weighted by molar-refractivity contribution is 0.102. The first-order chi connectivity index (χ1) is 12.9. The van der Waals surface area contributed by atoms with Crippen molar-refractivity contribution in [2.45, 2.75) is 29.7 Å². The predicted octanol–water partition coefficient (Wildman–Crippen LogP) is 6.61. The summed E-state index contributed by atoms with van der Waals surface area (Å²) < 4.78 is 5.58. The van der Waals surface area contributed by atoms with Crippen LogP contribution in [0.2, 0.25) is 0 Å². The number of rotatable bonds is 2. The van der Waals surface area contributed by atoms with Crippen molar-refractivity contribution in [1.82, 2.24) is 0 Å². The third-order valence-electron chi connectivity index (χ3n) is 6.51. The van der Waals surface area contributed by atoms with Crippen LogP contribution in [0, 0.1) is 12.3 Å². The van der Waals surface area contributed by atoms with E-state index in [1.54, 1.807) is 0 Å². The van der Waals surface area contributed by atoms with Gasteiger partial charge in [0.1, 0.15) is 5.75 Å². The van der Waals surface area contributed by atoms with Crippen molar-refractivity contribution >= 4 is 23.2 Å². The molecule has 0 unspecified atom stereocenters. The third kappa shape index (κ3) is 1.92. The smallest absolute Gasteiger partial charge is 0.177 e. The largest absolute Gasteiger partial charge is 0.478 e. The van der Waals surface area contributed by atoms with Gasteiger partial charge in [-0.2, -0.15) is 0 Å². The van der Waals surface area contributed by atoms with Crippen LogP contribution in [0.3, 0.4) is 0 Å². The Balaban J connectivity index is 1.82. The molecule has 27 heavy (non-hydrogen) atoms. The molecule has 1 saturated carbocycles. The van der Waals surface area contributed by atoms with Crippen LogP contribution >= 0.6 is 23.2 Å². The second-order valence-electron chi connectivity index (χ2n) is 7.75. The van der Waals surface area contributed by atoms with Crippen LogP contribution in [-0.2, 0) is 5.60 Å². The Morgan fingerprint density at radius 2 is 1.37 bits per heavy atom. The summed E-state index contributed by atoms with van der Waals surface area (Å²) in [6, 6.07) is 26.8. The second-order valence-corrected chi connectivity index (χ2v) is 9.08. The number of hydrogen-bond donors (Lipinski definition) is 0. The van der Waals surface area contributed by atoms with E-state index < -0.39 is 15.3 Å². The molecule has 0 saturated heterocycles. The minimum atomic E-state index is -1.05. The van der Waals surface area contributed by atoms with Crippen LogP contribution in [0.15, 0.2) is 78.9 Å². The van der Waals surface area contributed by atoms with Crippen molar-refractivity contribution in [3.63, 3.8) is 0 Å². The summed E-state index contributed by atoms with van der Waals surface area (Å²) >= 11 is 14.1. The van der Waals surface area contributed by atoms with Gasteiger partial charge in [-0.05, 0) is 29.7 Å². The fourth-order valence-corrected chi connectivity index (χ4v) is 6.14. The molecule has 1 aliphatic carbocycles. The summed E-state index contributed by atoms with van der Waals surface area (Å²) in [6.45, 7) is 4.31. The van der Waals surface area contributed by atoms with Gasteiger partial charge in [0.2, 0.25) is 0 Å². The Bertz CT molecular complexity index is 1030. The van der Waals surface area contributed by atoms with Crippen LogP contribution in [0.25, 0.3) is 0 Å². The van der Waals surface area contributed by atoms with Gasteiger partial charge in [-0.1, -0.05) is 103 Å². The van der Waals surface area contributed by atoms with Gasteiger partial charge in [0, 0.05) is 11.5 Å². The standard InChI is InChI=1S/C24H20Cl2O/c1-16-10-6-7-13-18(16)21-19-14-8-9-15-20(19)27-23(17-11-4-3-5-12-17)22(21,2)24(23,25)26/h3-15,21H,1-2H3/t21-,22-,23+/m0/s1. The number of benzene rings is 3. The monoisotopic (exact) mass is 394 g/mol. The summed E-state index contributed by atoms with van der Waals surface area (Å²) in [4.78, 5) is 0. The van der Waals surface area contributed by atoms with Crippen molar-refractivity contribution in [1.29, 1.82) is 0 Å². The lowest BCUT2D eigenvalue weighted by Crippen LogP contribution is -2.33. The topological polar surface area (TPSA) is 9.23 Å². The van der Waals surface area contributed by atoms with Gasteiger partial charge < -0.3 is 4.74 Å². The molecule has 1 nitrogen and oxygen atoms in total. The normalized spacial score (nSPS) is 30.0. The Hall–Kier alpha value is -1.96. The molecule has 3 aromatic carbocycles. The first-order valence-corrected chi connectivity index (χ1v) is 9.97. The molecule has 3 atom stereocenters. The minimum absolute atomic E-state index is 0.0406. The quantitative estimate of drug-likeness (QED) is 0.444. The van der Waals surface area contributed by atoms with Gasteiger partial charge in [-0.3, -0.25) is 0 Å². The van der Waals surface area contributed by atoms with Crippen LogP contribution in [0.4, 0.5) is 0 Å². The third-order valence-corrected chi connectivity index (χ3v) is 7.83. The molecule has 0 bridgehead atoms. The zero-order chi connectivity index (χ0) is 18.9. The molecule has 5 rings (SSSR count). The summed E-state index contributed by atoms with van der Waals surface area (Å²) in [7, 11) is 0. The predicted molar refractivity (Wildman–Crippen MR) is 111 cm³/mol. The maximum Gasteiger partial charge on any atom is 0.177 e. The first kappa shape index (κ1) is 17.2. The number of alkyl halides is 2. The van der Waals surface area contributed by atoms with E-state index in [0.717, 1.165) is 16.9 Å². The van der Waals surface area contributed by atoms with E-state index in [1.807, 2.05) is 30.3 Å². The highest BCUT2D eigenvalue weighted by atomic mass is 35.5. The number of halogens is 2. The lowest BCUT2D eigenvalue weighted by atomic mass is 9.73. The molecule has 0 aromatic heterocycles. The van der Waals surface area contributed by atoms with E-state index in [9.17, 15) is 0 Å². The Labute approximate surface area is 169 Å². The molecule has 0 N–H and O–H groups in total. The summed E-state index contributed by atoms with van der Waals surface area (Å²) in [5.74, 6) is 0.897. The molecule has 1 heterocycles. The molecule has 3 aromatic rings. The maximum absolute atomic E-state index is 7.07. The Morgan fingerprint density at radius 3 is 2.07 bits per heavy atom. The van der Waals surface area contributed by atoms with Crippen LogP contribution < -0.4 is 4.74 Å². The first-order valence-electron chi connectivity index (χ1n) is 9.22. The van der Waals surface area contributed by atoms with Crippen LogP contribution in [0.1, 0.15) is 35.1 Å². The highest BCUT2D eigenvalue weighted by molar-refractivity contribution is 6.53. The summed E-state index contributed by atoms with van der Waals surface area (Å²) in [5, 5.41) is 0. The number of hydrogen-bond acceptors (Lipinski definition) is 1. The zero-order valence-corrected chi connectivity index (χ0v) is 16.8. The molecule has 0 spiro atoms. The zero-order valence-electron chi connectivity index (χ0n) is 15.2. The molecule has 1 aliphatic heterocycles. The van der Waals surface area contributed by atoms with Gasteiger partial charge in [0.25, 0.3) is 0 Å². The lowest BCUT2D eigenvalue weighted by Gasteiger charge is -2.37. The van der Waals surface area contributed by atoms with Crippen LogP contribution in [-0.4, -0.2) is 4.33 Å². The summed E-state index contributed by atoms with van der Waals surface area (Å²) in [6.07, 6.45) is 0. The van der Waals surface area contributed by atoms with Gasteiger partial charge >= 0.3 is 0 Å². The van der Waals surface area contributed by atoms with Gasteiger partial charge in [0.05, 0.1) is 5.41 Å². The average molecular weight is 395 g/mol. The number of ether oxygens (including phenoxy) is 1. The molecule has 0 amide bonds. The highest BCUT2D eigenvalue weighted by Crippen LogP contribution is 2.85. The van der Waals surface area contributed by atoms with Crippen molar-refractivity contribution in [2.24, 2.45) is 5.41 Å². The van der Waals surface area contributed by atoms with Crippen molar-refractivity contribution in [3.8, 4) is 5.75 Å². The second kappa shape index (κ2) is 5.53. The van der Waals surface area contributed by atoms with Crippen molar-refractivity contribution in [2.75, 3.05) is 0 Å². The van der Waals surface area contributed by atoms with Crippen molar-refractivity contribution in [3.05, 3.63) is 101 Å². The fraction of sp³-hybridized carbons (Fsp3) is 0.250. The fourth-order valence-electron chi connectivity index (χ4n) is 5.06. The molecule has 3 heteroatoms. The van der Waals surface area contributed by atoms with E-state index in [2.05, 4.69) is 62.4 Å². The molecule has 136 valence electrons. The number of para-hydroxylation sites is 1. The van der Waals surface area contributed by atoms with Gasteiger partial charge in [0.15, 0.2) is 9.93 Å². The van der Waals surface area contributed by atoms with E-state index >= 15 is 0 Å². The van der Waals surface area contributed by atoms with E-state index in [-0.39, 0.29) is 5.92 Å². The molecular weight excluding hydrogens is 375 g/mol. The summed E-state index contributed by atoms with van der Waals surface area (Å²) in [5.41, 5.74) is 3.36. The number of aryl methyl sites for hydroxylation is 1.